The van der Waals surface area contributed by atoms with E-state index in [2.05, 4.69) is 15.3 Å². The summed E-state index contributed by atoms with van der Waals surface area (Å²) in [6.45, 7) is 1.82. The summed E-state index contributed by atoms with van der Waals surface area (Å²) in [5.41, 5.74) is 6.38. The number of anilines is 1. The molecule has 2 rings (SSSR count). The standard InChI is InChI=1S/C13H12Cl2N4O/c1-7(9-3-2-8(14)4-10(9)15)19-13(20)11-5-18-12(16)6-17-11/h2-7H,1H3,(H2,16,18)(H,19,20). The molecular formula is C13H12Cl2N4O. The SMILES string of the molecule is CC(NC(=O)c1cnc(N)cn1)c1ccc(Cl)cc1Cl. The van der Waals surface area contributed by atoms with Crippen molar-refractivity contribution < 1.29 is 4.79 Å². The third-order valence-electron chi connectivity index (χ3n) is 2.68. The summed E-state index contributed by atoms with van der Waals surface area (Å²) in [6, 6.07) is 4.83. The summed E-state index contributed by atoms with van der Waals surface area (Å²) in [7, 11) is 0. The smallest absolute Gasteiger partial charge is 0.271 e. The summed E-state index contributed by atoms with van der Waals surface area (Å²) in [5, 5.41) is 3.82. The van der Waals surface area contributed by atoms with Crippen LogP contribution in [-0.2, 0) is 0 Å². The fourth-order valence-electron chi connectivity index (χ4n) is 1.66. The fraction of sp³-hybridized carbons (Fsp3) is 0.154. The molecule has 3 N–H and O–H groups in total. The Balaban J connectivity index is 2.12. The van der Waals surface area contributed by atoms with Gasteiger partial charge in [-0.3, -0.25) is 4.79 Å². The fourth-order valence-corrected chi connectivity index (χ4v) is 2.23. The Labute approximate surface area is 126 Å². The van der Waals surface area contributed by atoms with Crippen LogP contribution in [0.1, 0.15) is 29.0 Å². The number of nitrogens with one attached hydrogen (secondary N) is 1. The lowest BCUT2D eigenvalue weighted by Crippen LogP contribution is -2.27. The molecule has 0 saturated carbocycles. The van der Waals surface area contributed by atoms with E-state index >= 15 is 0 Å². The molecule has 5 nitrogen and oxygen atoms in total. The second-order valence-corrected chi connectivity index (χ2v) is 5.03. The van der Waals surface area contributed by atoms with E-state index < -0.39 is 0 Å². The number of rotatable bonds is 3. The number of carbonyl (C=O) groups is 1. The molecule has 7 heteroatoms. The number of hydrogen-bond donors (Lipinski definition) is 2. The topological polar surface area (TPSA) is 80.9 Å². The number of nitrogens with zero attached hydrogens (tertiary/aromatic N) is 2. The van der Waals surface area contributed by atoms with Gasteiger partial charge in [0.05, 0.1) is 18.4 Å². The van der Waals surface area contributed by atoms with Crippen molar-refractivity contribution >= 4 is 34.9 Å². The van der Waals surface area contributed by atoms with E-state index in [1.165, 1.54) is 12.4 Å². The minimum absolute atomic E-state index is 0.191. The maximum atomic E-state index is 12.0. The Bertz CT molecular complexity index is 631. The van der Waals surface area contributed by atoms with Gasteiger partial charge in [0.2, 0.25) is 0 Å². The van der Waals surface area contributed by atoms with Gasteiger partial charge < -0.3 is 11.1 Å². The average molecular weight is 311 g/mol. The molecule has 1 atom stereocenters. The highest BCUT2D eigenvalue weighted by atomic mass is 35.5. The van der Waals surface area contributed by atoms with Crippen LogP contribution < -0.4 is 11.1 Å². The summed E-state index contributed by atoms with van der Waals surface area (Å²) in [6.07, 6.45) is 2.65. The molecule has 1 unspecified atom stereocenters. The minimum atomic E-state index is -0.351. The Morgan fingerprint density at radius 1 is 1.30 bits per heavy atom. The monoisotopic (exact) mass is 310 g/mol. The Kier molecular flexibility index (Phi) is 4.42. The van der Waals surface area contributed by atoms with Gasteiger partial charge in [-0.1, -0.05) is 29.3 Å². The van der Waals surface area contributed by atoms with Crippen molar-refractivity contribution in [1.29, 1.82) is 0 Å². The number of carbonyl (C=O) groups excluding carboxylic acids is 1. The van der Waals surface area contributed by atoms with Gasteiger partial charge in [-0.15, -0.1) is 0 Å². The maximum Gasteiger partial charge on any atom is 0.271 e. The van der Waals surface area contributed by atoms with Crippen LogP contribution in [0.4, 0.5) is 5.82 Å². The molecule has 0 radical (unpaired) electrons. The molecule has 2 aromatic rings. The van der Waals surface area contributed by atoms with Gasteiger partial charge in [0, 0.05) is 10.0 Å². The van der Waals surface area contributed by atoms with Gasteiger partial charge in [-0.05, 0) is 24.6 Å². The van der Waals surface area contributed by atoms with Crippen molar-refractivity contribution in [3.05, 3.63) is 51.9 Å². The van der Waals surface area contributed by atoms with Crippen LogP contribution in [0, 0.1) is 0 Å². The molecular weight excluding hydrogens is 299 g/mol. The number of amides is 1. The number of hydrogen-bond acceptors (Lipinski definition) is 4. The summed E-state index contributed by atoms with van der Waals surface area (Å²) >= 11 is 11.9. The molecule has 104 valence electrons. The minimum Gasteiger partial charge on any atom is -0.382 e. The van der Waals surface area contributed by atoms with Crippen LogP contribution in [0.5, 0.6) is 0 Å². The largest absolute Gasteiger partial charge is 0.382 e. The van der Waals surface area contributed by atoms with Gasteiger partial charge in [-0.2, -0.15) is 0 Å². The Morgan fingerprint density at radius 2 is 2.05 bits per heavy atom. The Morgan fingerprint density at radius 3 is 2.65 bits per heavy atom. The van der Waals surface area contributed by atoms with Gasteiger partial charge in [0.15, 0.2) is 0 Å². The molecule has 1 heterocycles. The van der Waals surface area contributed by atoms with Gasteiger partial charge in [0.25, 0.3) is 5.91 Å². The second kappa shape index (κ2) is 6.07. The van der Waals surface area contributed by atoms with E-state index in [0.29, 0.717) is 10.0 Å². The van der Waals surface area contributed by atoms with Gasteiger partial charge in [-0.25, -0.2) is 9.97 Å². The lowest BCUT2D eigenvalue weighted by atomic mass is 10.1. The molecule has 0 fully saturated rings. The zero-order valence-corrected chi connectivity index (χ0v) is 12.1. The summed E-state index contributed by atoms with van der Waals surface area (Å²) in [5.74, 6) is -0.0913. The number of benzene rings is 1. The molecule has 0 saturated heterocycles. The van der Waals surface area contributed by atoms with E-state index in [4.69, 9.17) is 28.9 Å². The first-order valence-corrected chi connectivity index (χ1v) is 6.56. The van der Waals surface area contributed by atoms with Crippen molar-refractivity contribution in [3.63, 3.8) is 0 Å². The first-order valence-electron chi connectivity index (χ1n) is 5.80. The number of nitrogen functional groups attached to an aromatic ring is 1. The number of nitrogens with two attached hydrogens (primary N) is 1. The number of halogens is 2. The average Bonchev–Trinajstić information content (AvgIpc) is 2.39. The van der Waals surface area contributed by atoms with Crippen molar-refractivity contribution in [1.82, 2.24) is 15.3 Å². The molecule has 1 aromatic heterocycles. The summed E-state index contributed by atoms with van der Waals surface area (Å²) < 4.78 is 0. The molecule has 1 amide bonds. The predicted octanol–water partition coefficient (Wildman–Crippen LogP) is 2.86. The highest BCUT2D eigenvalue weighted by Gasteiger charge is 2.15. The summed E-state index contributed by atoms with van der Waals surface area (Å²) in [4.78, 5) is 19.7. The van der Waals surface area contributed by atoms with E-state index in [0.717, 1.165) is 5.56 Å². The molecule has 0 aliphatic rings. The zero-order valence-electron chi connectivity index (χ0n) is 10.6. The second-order valence-electron chi connectivity index (χ2n) is 4.19. The van der Waals surface area contributed by atoms with Crippen molar-refractivity contribution in [3.8, 4) is 0 Å². The molecule has 0 aliphatic carbocycles. The van der Waals surface area contributed by atoms with Crippen LogP contribution in [0.25, 0.3) is 0 Å². The first kappa shape index (κ1) is 14.6. The molecule has 0 aliphatic heterocycles. The third-order valence-corrected chi connectivity index (χ3v) is 3.24. The van der Waals surface area contributed by atoms with E-state index in [9.17, 15) is 4.79 Å². The third kappa shape index (κ3) is 3.37. The van der Waals surface area contributed by atoms with Crippen LogP contribution in [0.15, 0.2) is 30.6 Å². The van der Waals surface area contributed by atoms with Crippen LogP contribution >= 0.6 is 23.2 Å². The van der Waals surface area contributed by atoms with Gasteiger partial charge >= 0.3 is 0 Å². The van der Waals surface area contributed by atoms with Crippen molar-refractivity contribution in [2.24, 2.45) is 0 Å². The first-order chi connectivity index (χ1) is 9.47. The highest BCUT2D eigenvalue weighted by molar-refractivity contribution is 6.35. The van der Waals surface area contributed by atoms with E-state index in [1.807, 2.05) is 6.92 Å². The zero-order chi connectivity index (χ0) is 14.7. The quantitative estimate of drug-likeness (QED) is 0.913. The molecule has 20 heavy (non-hydrogen) atoms. The molecule has 1 aromatic carbocycles. The lowest BCUT2D eigenvalue weighted by molar-refractivity contribution is 0.0934. The number of aromatic nitrogens is 2. The van der Waals surface area contributed by atoms with Crippen LogP contribution in [-0.4, -0.2) is 15.9 Å². The highest BCUT2D eigenvalue weighted by Crippen LogP contribution is 2.26. The van der Waals surface area contributed by atoms with Gasteiger partial charge in [0.1, 0.15) is 11.5 Å². The van der Waals surface area contributed by atoms with Crippen LogP contribution in [0.3, 0.4) is 0 Å². The molecule has 0 spiro atoms. The van der Waals surface area contributed by atoms with Crippen molar-refractivity contribution in [2.75, 3.05) is 5.73 Å². The van der Waals surface area contributed by atoms with E-state index in [1.54, 1.807) is 18.2 Å². The van der Waals surface area contributed by atoms with E-state index in [-0.39, 0.29) is 23.5 Å². The normalized spacial score (nSPS) is 11.9. The maximum absolute atomic E-state index is 12.0. The van der Waals surface area contributed by atoms with Crippen molar-refractivity contribution in [2.45, 2.75) is 13.0 Å². The lowest BCUT2D eigenvalue weighted by Gasteiger charge is -2.15. The van der Waals surface area contributed by atoms with Crippen LogP contribution in [0.2, 0.25) is 10.0 Å². The predicted molar refractivity (Wildman–Crippen MR) is 78.8 cm³/mol. The molecule has 0 bridgehead atoms. The Hall–Kier alpha value is -1.85.